The zero-order valence-electron chi connectivity index (χ0n) is 8.68. The van der Waals surface area contributed by atoms with Crippen molar-refractivity contribution in [2.45, 2.75) is 6.54 Å². The van der Waals surface area contributed by atoms with Gasteiger partial charge in [0, 0.05) is 27.5 Å². The van der Waals surface area contributed by atoms with E-state index >= 15 is 0 Å². The summed E-state index contributed by atoms with van der Waals surface area (Å²) in [6, 6.07) is 6.18. The first kappa shape index (κ1) is 11.0. The minimum atomic E-state index is 0.580. The van der Waals surface area contributed by atoms with E-state index in [1.54, 1.807) is 6.20 Å². The second kappa shape index (κ2) is 4.60. The maximum absolute atomic E-state index is 5.78. The maximum Gasteiger partial charge on any atom is 0.183 e. The highest BCUT2D eigenvalue weighted by molar-refractivity contribution is 7.15. The van der Waals surface area contributed by atoms with Gasteiger partial charge in [0.25, 0.3) is 0 Å². The number of fused-ring (bicyclic) bond motifs is 1. The van der Waals surface area contributed by atoms with Crippen molar-refractivity contribution < 1.29 is 0 Å². The molecule has 0 saturated heterocycles. The molecule has 2 aromatic heterocycles. The van der Waals surface area contributed by atoms with E-state index in [4.69, 9.17) is 11.6 Å². The zero-order valence-corrected chi connectivity index (χ0v) is 11.1. The fourth-order valence-corrected chi connectivity index (χ4v) is 3.08. The molecular weight excluding hydrogens is 274 g/mol. The summed E-state index contributed by atoms with van der Waals surface area (Å²) >= 11 is 8.74. The highest BCUT2D eigenvalue weighted by atomic mass is 35.5. The summed E-state index contributed by atoms with van der Waals surface area (Å²) in [5, 5.41) is 6.56. The number of thiazole rings is 1. The lowest BCUT2D eigenvalue weighted by Crippen LogP contribution is -1.96. The summed E-state index contributed by atoms with van der Waals surface area (Å²) in [5.41, 5.74) is 2.09. The van der Waals surface area contributed by atoms with Gasteiger partial charge in [-0.1, -0.05) is 11.6 Å². The number of aromatic nitrogens is 2. The molecule has 0 fully saturated rings. The minimum Gasteiger partial charge on any atom is -0.380 e. The molecule has 0 spiro atoms. The largest absolute Gasteiger partial charge is 0.380 e. The molecule has 0 saturated carbocycles. The Labute approximate surface area is 111 Å². The molecule has 0 radical (unpaired) electrons. The number of rotatable bonds is 3. The van der Waals surface area contributed by atoms with Gasteiger partial charge < -0.3 is 5.32 Å². The summed E-state index contributed by atoms with van der Waals surface area (Å²) in [4.78, 5) is 5.12. The first-order valence-corrected chi connectivity index (χ1v) is 7.02. The second-order valence-corrected chi connectivity index (χ2v) is 5.85. The third kappa shape index (κ3) is 2.41. The van der Waals surface area contributed by atoms with E-state index in [-0.39, 0.29) is 0 Å². The lowest BCUT2D eigenvalue weighted by Gasteiger charge is -2.03. The Bertz CT molecular complexity index is 647. The van der Waals surface area contributed by atoms with Crippen molar-refractivity contribution in [1.29, 1.82) is 0 Å². The van der Waals surface area contributed by atoms with Crippen molar-refractivity contribution in [3.8, 4) is 0 Å². The van der Waals surface area contributed by atoms with E-state index in [1.807, 2.05) is 5.38 Å². The van der Waals surface area contributed by atoms with Crippen molar-refractivity contribution in [2.24, 2.45) is 0 Å². The summed E-state index contributed by atoms with van der Waals surface area (Å²) in [6.45, 7) is 0.736. The Morgan fingerprint density at radius 2 is 2.29 bits per heavy atom. The van der Waals surface area contributed by atoms with Gasteiger partial charge in [0.2, 0.25) is 0 Å². The minimum absolute atomic E-state index is 0.580. The summed E-state index contributed by atoms with van der Waals surface area (Å²) in [5.74, 6) is 0. The van der Waals surface area contributed by atoms with Crippen LogP contribution in [0.1, 0.15) is 4.88 Å². The van der Waals surface area contributed by atoms with Crippen molar-refractivity contribution in [3.05, 3.63) is 39.1 Å². The molecule has 1 aromatic carbocycles. The number of anilines is 1. The maximum atomic E-state index is 5.78. The summed E-state index contributed by atoms with van der Waals surface area (Å²) in [7, 11) is 0. The molecular formula is C11H8ClN3S2. The van der Waals surface area contributed by atoms with E-state index in [1.165, 1.54) is 28.3 Å². The fraction of sp³-hybridized carbons (Fsp3) is 0.0909. The highest BCUT2D eigenvalue weighted by Crippen LogP contribution is 2.22. The predicted molar refractivity (Wildman–Crippen MR) is 74.1 cm³/mol. The van der Waals surface area contributed by atoms with Crippen LogP contribution < -0.4 is 5.32 Å². The molecule has 1 N–H and O–H groups in total. The van der Waals surface area contributed by atoms with E-state index < -0.39 is 0 Å². The molecule has 0 aliphatic rings. The Kier molecular flexibility index (Phi) is 2.96. The Morgan fingerprint density at radius 1 is 1.35 bits per heavy atom. The Balaban J connectivity index is 1.76. The lowest BCUT2D eigenvalue weighted by molar-refractivity contribution is 1.18. The van der Waals surface area contributed by atoms with Gasteiger partial charge in [-0.25, -0.2) is 4.98 Å². The van der Waals surface area contributed by atoms with Crippen LogP contribution in [0.4, 0.5) is 5.69 Å². The highest BCUT2D eigenvalue weighted by Gasteiger charge is 2.01. The number of hydrogen-bond donors (Lipinski definition) is 1. The molecule has 0 atom stereocenters. The van der Waals surface area contributed by atoms with Crippen LogP contribution in [0.5, 0.6) is 0 Å². The summed E-state index contributed by atoms with van der Waals surface area (Å²) in [6.07, 6.45) is 1.79. The van der Waals surface area contributed by atoms with E-state index in [2.05, 4.69) is 32.9 Å². The molecule has 3 nitrogen and oxygen atoms in total. The molecule has 0 aliphatic heterocycles. The summed E-state index contributed by atoms with van der Waals surface area (Å²) < 4.78 is 4.89. The van der Waals surface area contributed by atoms with Crippen LogP contribution in [0, 0.1) is 0 Å². The molecule has 0 aliphatic carbocycles. The van der Waals surface area contributed by atoms with Crippen molar-refractivity contribution in [2.75, 3.05) is 5.32 Å². The van der Waals surface area contributed by atoms with E-state index in [0.717, 1.165) is 22.6 Å². The lowest BCUT2D eigenvalue weighted by atomic mass is 10.2. The smallest absolute Gasteiger partial charge is 0.183 e. The van der Waals surface area contributed by atoms with Crippen LogP contribution in [0.2, 0.25) is 4.47 Å². The third-order valence-electron chi connectivity index (χ3n) is 2.35. The van der Waals surface area contributed by atoms with Gasteiger partial charge in [-0.3, -0.25) is 0 Å². The fourth-order valence-electron chi connectivity index (χ4n) is 1.53. The van der Waals surface area contributed by atoms with Crippen LogP contribution in [0.25, 0.3) is 10.9 Å². The van der Waals surface area contributed by atoms with Crippen molar-refractivity contribution in [3.63, 3.8) is 0 Å². The molecule has 0 unspecified atom stereocenters. The van der Waals surface area contributed by atoms with Crippen LogP contribution in [-0.2, 0) is 6.54 Å². The molecule has 2 heterocycles. The van der Waals surface area contributed by atoms with Crippen molar-refractivity contribution >= 4 is 51.1 Å². The average Bonchev–Trinajstić information content (AvgIpc) is 2.94. The predicted octanol–water partition coefficient (Wildman–Crippen LogP) is 4.02. The average molecular weight is 282 g/mol. The van der Waals surface area contributed by atoms with Crippen LogP contribution >= 0.6 is 34.5 Å². The van der Waals surface area contributed by atoms with E-state index in [0.29, 0.717) is 4.47 Å². The van der Waals surface area contributed by atoms with Crippen LogP contribution in [0.15, 0.2) is 29.8 Å². The number of halogens is 1. The first-order chi connectivity index (χ1) is 8.31. The van der Waals surface area contributed by atoms with Crippen LogP contribution in [-0.4, -0.2) is 9.36 Å². The van der Waals surface area contributed by atoms with Crippen molar-refractivity contribution in [1.82, 2.24) is 9.36 Å². The first-order valence-electron chi connectivity index (χ1n) is 4.99. The van der Waals surface area contributed by atoms with Gasteiger partial charge in [0.1, 0.15) is 0 Å². The molecule has 3 aromatic rings. The Morgan fingerprint density at radius 3 is 3.12 bits per heavy atom. The van der Waals surface area contributed by atoms with Gasteiger partial charge in [-0.2, -0.15) is 4.37 Å². The number of nitrogens with one attached hydrogen (secondary N) is 1. The topological polar surface area (TPSA) is 37.8 Å². The van der Waals surface area contributed by atoms with Gasteiger partial charge in [-0.15, -0.1) is 11.3 Å². The molecule has 3 rings (SSSR count). The monoisotopic (exact) mass is 281 g/mol. The number of benzene rings is 1. The molecule has 0 amide bonds. The van der Waals surface area contributed by atoms with Gasteiger partial charge in [0.15, 0.2) is 4.47 Å². The quantitative estimate of drug-likeness (QED) is 0.788. The molecule has 6 heteroatoms. The molecule has 17 heavy (non-hydrogen) atoms. The standard InChI is InChI=1S/C11H8ClN3S2/c12-11-14-5-9(17-11)4-13-8-2-1-7-6-16-15-10(7)3-8/h1-3,5-6,13H,4H2. The molecule has 0 bridgehead atoms. The zero-order chi connectivity index (χ0) is 11.7. The number of hydrogen-bond acceptors (Lipinski definition) is 5. The molecule has 86 valence electrons. The van der Waals surface area contributed by atoms with Gasteiger partial charge in [-0.05, 0) is 29.7 Å². The van der Waals surface area contributed by atoms with Gasteiger partial charge in [0.05, 0.1) is 12.1 Å². The number of nitrogens with zero attached hydrogens (tertiary/aromatic N) is 2. The Hall–Kier alpha value is -1.17. The second-order valence-electron chi connectivity index (χ2n) is 3.52. The van der Waals surface area contributed by atoms with Crippen LogP contribution in [0.3, 0.4) is 0 Å². The normalized spacial score (nSPS) is 10.9. The third-order valence-corrected chi connectivity index (χ3v) is 4.13. The SMILES string of the molecule is Clc1ncc(CNc2ccc3csnc3c2)s1. The van der Waals surface area contributed by atoms with E-state index in [9.17, 15) is 0 Å². The van der Waals surface area contributed by atoms with Gasteiger partial charge >= 0.3 is 0 Å².